The Morgan fingerprint density at radius 1 is 0.967 bits per heavy atom. The maximum Gasteiger partial charge on any atom is 0.416 e. The summed E-state index contributed by atoms with van der Waals surface area (Å²) >= 11 is 0. The Morgan fingerprint density at radius 3 is 2.13 bits per heavy atom. The molecule has 0 aromatic heterocycles. The lowest BCUT2D eigenvalue weighted by Crippen LogP contribution is -2.44. The predicted octanol–water partition coefficient (Wildman–Crippen LogP) is 4.40. The smallest absolute Gasteiger partial charge is 0.352 e. The number of nitrogens with zero attached hydrogens (tertiary/aromatic N) is 1. The van der Waals surface area contributed by atoms with E-state index in [1.165, 1.54) is 29.2 Å². The molecule has 0 spiro atoms. The van der Waals surface area contributed by atoms with Gasteiger partial charge in [0.05, 0.1) is 5.56 Å². The number of nitrogens with one attached hydrogen (secondary N) is 2. The zero-order valence-electron chi connectivity index (χ0n) is 16.0. The number of halogens is 4. The van der Waals surface area contributed by atoms with Crippen molar-refractivity contribution >= 4 is 17.6 Å². The highest BCUT2D eigenvalue weighted by molar-refractivity contribution is 5.89. The maximum atomic E-state index is 12.9. The molecule has 9 heteroatoms. The van der Waals surface area contributed by atoms with E-state index < -0.39 is 17.8 Å². The first-order valence-corrected chi connectivity index (χ1v) is 9.48. The van der Waals surface area contributed by atoms with Crippen molar-refractivity contribution in [3.05, 3.63) is 65.5 Å². The summed E-state index contributed by atoms with van der Waals surface area (Å²) in [7, 11) is 0. The van der Waals surface area contributed by atoms with Crippen molar-refractivity contribution in [2.24, 2.45) is 5.92 Å². The molecular formula is C21H21F4N3O2. The van der Waals surface area contributed by atoms with Gasteiger partial charge in [-0.05, 0) is 54.8 Å². The number of carbonyl (C=O) groups is 2. The lowest BCUT2D eigenvalue weighted by atomic mass is 9.96. The molecule has 1 saturated heterocycles. The Labute approximate surface area is 171 Å². The van der Waals surface area contributed by atoms with Gasteiger partial charge in [-0.25, -0.2) is 9.18 Å². The van der Waals surface area contributed by atoms with E-state index in [9.17, 15) is 27.2 Å². The lowest BCUT2D eigenvalue weighted by Gasteiger charge is -2.31. The largest absolute Gasteiger partial charge is 0.416 e. The van der Waals surface area contributed by atoms with Crippen LogP contribution >= 0.6 is 0 Å². The van der Waals surface area contributed by atoms with Gasteiger partial charge in [0, 0.05) is 31.2 Å². The number of hydrogen-bond donors (Lipinski definition) is 2. The molecule has 30 heavy (non-hydrogen) atoms. The molecule has 0 radical (unpaired) electrons. The molecule has 5 nitrogen and oxygen atoms in total. The highest BCUT2D eigenvalue weighted by Crippen LogP contribution is 2.30. The Morgan fingerprint density at radius 2 is 1.57 bits per heavy atom. The fourth-order valence-electron chi connectivity index (χ4n) is 3.23. The van der Waals surface area contributed by atoms with Crippen molar-refractivity contribution in [2.75, 3.05) is 18.4 Å². The van der Waals surface area contributed by atoms with E-state index in [0.717, 1.165) is 17.7 Å². The number of likely N-dealkylation sites (tertiary alicyclic amines) is 1. The molecule has 2 N–H and O–H groups in total. The van der Waals surface area contributed by atoms with Crippen molar-refractivity contribution in [2.45, 2.75) is 25.6 Å². The molecule has 2 aromatic carbocycles. The van der Waals surface area contributed by atoms with E-state index in [1.54, 1.807) is 12.1 Å². The number of amides is 3. The van der Waals surface area contributed by atoms with Crippen LogP contribution in [0, 0.1) is 11.7 Å². The van der Waals surface area contributed by atoms with E-state index in [4.69, 9.17) is 0 Å². The van der Waals surface area contributed by atoms with Gasteiger partial charge in [0.2, 0.25) is 5.91 Å². The molecule has 0 aliphatic carbocycles. The normalized spacial score (nSPS) is 15.0. The maximum absolute atomic E-state index is 12.9. The van der Waals surface area contributed by atoms with E-state index in [-0.39, 0.29) is 23.3 Å². The number of hydrogen-bond acceptors (Lipinski definition) is 2. The summed E-state index contributed by atoms with van der Waals surface area (Å²) in [5.41, 5.74) is 0.276. The van der Waals surface area contributed by atoms with E-state index >= 15 is 0 Å². The second kappa shape index (κ2) is 9.15. The van der Waals surface area contributed by atoms with Crippen LogP contribution in [0.15, 0.2) is 48.5 Å². The predicted molar refractivity (Wildman–Crippen MR) is 103 cm³/mol. The van der Waals surface area contributed by atoms with Gasteiger partial charge >= 0.3 is 12.2 Å². The summed E-state index contributed by atoms with van der Waals surface area (Å²) in [6.45, 7) is 1.02. The summed E-state index contributed by atoms with van der Waals surface area (Å²) < 4.78 is 50.7. The summed E-state index contributed by atoms with van der Waals surface area (Å²) in [6, 6.07) is 9.67. The van der Waals surface area contributed by atoms with Crippen LogP contribution in [0.4, 0.5) is 28.0 Å². The highest BCUT2D eigenvalue weighted by Gasteiger charge is 2.30. The van der Waals surface area contributed by atoms with Crippen molar-refractivity contribution in [3.8, 4) is 0 Å². The Kier molecular flexibility index (Phi) is 6.59. The number of carbonyl (C=O) groups excluding carboxylic acids is 2. The quantitative estimate of drug-likeness (QED) is 0.716. The fraction of sp³-hybridized carbons (Fsp3) is 0.333. The SMILES string of the molecule is O=C(NCc1ccc(F)cc1)C1CCN(C(=O)Nc2ccc(C(F)(F)F)cc2)CC1. The molecule has 1 heterocycles. The van der Waals surface area contributed by atoms with E-state index in [0.29, 0.717) is 32.5 Å². The second-order valence-electron chi connectivity index (χ2n) is 7.11. The highest BCUT2D eigenvalue weighted by atomic mass is 19.4. The average Bonchev–Trinajstić information content (AvgIpc) is 2.73. The lowest BCUT2D eigenvalue weighted by molar-refractivity contribution is -0.137. The standard InChI is InChI=1S/C21H21F4N3O2/c22-17-5-1-14(2-6-17)13-26-19(29)15-9-11-28(12-10-15)20(30)27-18-7-3-16(4-8-18)21(23,24)25/h1-8,15H,9-13H2,(H,26,29)(H,27,30). The molecule has 2 aromatic rings. The van der Waals surface area contributed by atoms with Crippen LogP contribution in [-0.4, -0.2) is 29.9 Å². The van der Waals surface area contributed by atoms with Crippen LogP contribution in [0.5, 0.6) is 0 Å². The summed E-state index contributed by atoms with van der Waals surface area (Å²) in [5, 5.41) is 5.39. The molecule has 1 fully saturated rings. The number of piperidine rings is 1. The minimum atomic E-state index is -4.43. The third-order valence-electron chi connectivity index (χ3n) is 5.00. The third kappa shape index (κ3) is 5.71. The van der Waals surface area contributed by atoms with Gasteiger partial charge in [-0.1, -0.05) is 12.1 Å². The van der Waals surface area contributed by atoms with Gasteiger partial charge in [0.25, 0.3) is 0 Å². The summed E-state index contributed by atoms with van der Waals surface area (Å²) in [6.07, 6.45) is -3.47. The Balaban J connectivity index is 1.44. The van der Waals surface area contributed by atoms with Gasteiger partial charge < -0.3 is 15.5 Å². The molecule has 3 rings (SSSR count). The molecule has 0 saturated carbocycles. The summed E-state index contributed by atoms with van der Waals surface area (Å²) in [5.74, 6) is -0.699. The van der Waals surface area contributed by atoms with Gasteiger partial charge in [-0.2, -0.15) is 13.2 Å². The van der Waals surface area contributed by atoms with Crippen LogP contribution in [-0.2, 0) is 17.5 Å². The Bertz CT molecular complexity index is 875. The van der Waals surface area contributed by atoms with Crippen molar-refractivity contribution in [1.29, 1.82) is 0 Å². The number of alkyl halides is 3. The van der Waals surface area contributed by atoms with Crippen LogP contribution in [0.2, 0.25) is 0 Å². The molecule has 0 atom stereocenters. The van der Waals surface area contributed by atoms with Gasteiger partial charge in [0.15, 0.2) is 0 Å². The fourth-order valence-corrected chi connectivity index (χ4v) is 3.23. The molecule has 1 aliphatic rings. The molecule has 0 bridgehead atoms. The first kappa shape index (κ1) is 21.6. The number of rotatable bonds is 4. The van der Waals surface area contributed by atoms with Crippen LogP contribution < -0.4 is 10.6 Å². The second-order valence-corrected chi connectivity index (χ2v) is 7.11. The first-order chi connectivity index (χ1) is 14.2. The zero-order chi connectivity index (χ0) is 21.7. The molecule has 3 amide bonds. The van der Waals surface area contributed by atoms with Crippen molar-refractivity contribution < 1.29 is 27.2 Å². The van der Waals surface area contributed by atoms with Gasteiger partial charge in [0.1, 0.15) is 5.82 Å². The van der Waals surface area contributed by atoms with E-state index in [2.05, 4.69) is 10.6 Å². The van der Waals surface area contributed by atoms with Crippen molar-refractivity contribution in [1.82, 2.24) is 10.2 Å². The number of urea groups is 1. The average molecular weight is 423 g/mol. The van der Waals surface area contributed by atoms with Gasteiger partial charge in [-0.3, -0.25) is 4.79 Å². The molecule has 0 unspecified atom stereocenters. The minimum Gasteiger partial charge on any atom is -0.352 e. The third-order valence-corrected chi connectivity index (χ3v) is 5.00. The van der Waals surface area contributed by atoms with E-state index in [1.807, 2.05) is 0 Å². The minimum absolute atomic E-state index is 0.123. The van der Waals surface area contributed by atoms with Crippen molar-refractivity contribution in [3.63, 3.8) is 0 Å². The topological polar surface area (TPSA) is 61.4 Å². The zero-order valence-corrected chi connectivity index (χ0v) is 16.0. The molecule has 1 aliphatic heterocycles. The van der Waals surface area contributed by atoms with Crippen LogP contribution in [0.3, 0.4) is 0 Å². The summed E-state index contributed by atoms with van der Waals surface area (Å²) in [4.78, 5) is 26.2. The Hall–Kier alpha value is -3.10. The first-order valence-electron chi connectivity index (χ1n) is 9.48. The number of anilines is 1. The monoisotopic (exact) mass is 423 g/mol. The van der Waals surface area contributed by atoms with Crippen LogP contribution in [0.1, 0.15) is 24.0 Å². The molecule has 160 valence electrons. The van der Waals surface area contributed by atoms with Gasteiger partial charge in [-0.15, -0.1) is 0 Å². The molecular weight excluding hydrogens is 402 g/mol. The van der Waals surface area contributed by atoms with Crippen LogP contribution in [0.25, 0.3) is 0 Å². The number of benzene rings is 2.